The van der Waals surface area contributed by atoms with Crippen molar-refractivity contribution in [1.29, 1.82) is 0 Å². The summed E-state index contributed by atoms with van der Waals surface area (Å²) in [7, 11) is 0. The van der Waals surface area contributed by atoms with Gasteiger partial charge in [-0.1, -0.05) is 17.7 Å². The van der Waals surface area contributed by atoms with Crippen molar-refractivity contribution in [2.24, 2.45) is 5.92 Å². The summed E-state index contributed by atoms with van der Waals surface area (Å²) < 4.78 is 5.98. The van der Waals surface area contributed by atoms with Crippen LogP contribution in [0, 0.1) is 5.92 Å². The van der Waals surface area contributed by atoms with Gasteiger partial charge in [-0.3, -0.25) is 9.59 Å². The molecule has 4 rings (SSSR count). The third kappa shape index (κ3) is 3.76. The smallest absolute Gasteiger partial charge is 0.227 e. The molecule has 1 aromatic carbocycles. The molecule has 25 heavy (non-hydrogen) atoms. The van der Waals surface area contributed by atoms with Crippen molar-refractivity contribution in [3.63, 3.8) is 0 Å². The number of rotatable bonds is 4. The van der Waals surface area contributed by atoms with Crippen molar-refractivity contribution in [3.8, 4) is 5.75 Å². The van der Waals surface area contributed by atoms with Gasteiger partial charge < -0.3 is 14.5 Å². The normalized spacial score (nSPS) is 24.7. The highest BCUT2D eigenvalue weighted by molar-refractivity contribution is 6.30. The van der Waals surface area contributed by atoms with Gasteiger partial charge in [0.15, 0.2) is 0 Å². The Bertz CT molecular complexity index is 668. The quantitative estimate of drug-likeness (QED) is 0.827. The second-order valence-electron chi connectivity index (χ2n) is 7.28. The van der Waals surface area contributed by atoms with Gasteiger partial charge in [-0.25, -0.2) is 0 Å². The standard InChI is InChI=1S/C19H23ClN2O3/c20-14-2-1-3-17(11-14)25-16-6-8-21(9-7-16)19(24)13-10-18(23)22(12-13)15-4-5-15/h1-3,11,13,15-16H,4-10,12H2/t13-/m0/s1. The van der Waals surface area contributed by atoms with Crippen molar-refractivity contribution in [2.75, 3.05) is 19.6 Å². The van der Waals surface area contributed by atoms with Gasteiger partial charge in [-0.05, 0) is 31.0 Å². The molecule has 2 heterocycles. The molecule has 3 fully saturated rings. The minimum atomic E-state index is -0.154. The summed E-state index contributed by atoms with van der Waals surface area (Å²) in [4.78, 5) is 28.6. The number of amides is 2. The van der Waals surface area contributed by atoms with Gasteiger partial charge in [-0.2, -0.15) is 0 Å². The van der Waals surface area contributed by atoms with E-state index in [2.05, 4.69) is 0 Å². The van der Waals surface area contributed by atoms with Crippen LogP contribution in [0.15, 0.2) is 24.3 Å². The lowest BCUT2D eigenvalue weighted by Crippen LogP contribution is -2.45. The predicted molar refractivity (Wildman–Crippen MR) is 94.5 cm³/mol. The highest BCUT2D eigenvalue weighted by Crippen LogP contribution is 2.33. The lowest BCUT2D eigenvalue weighted by Gasteiger charge is -2.33. The van der Waals surface area contributed by atoms with Gasteiger partial charge >= 0.3 is 0 Å². The van der Waals surface area contributed by atoms with E-state index in [1.54, 1.807) is 0 Å². The van der Waals surface area contributed by atoms with Crippen LogP contribution in [-0.2, 0) is 9.59 Å². The zero-order chi connectivity index (χ0) is 17.4. The number of halogens is 1. The molecule has 1 atom stereocenters. The zero-order valence-electron chi connectivity index (χ0n) is 14.2. The first-order valence-corrected chi connectivity index (χ1v) is 9.48. The largest absolute Gasteiger partial charge is 0.490 e. The lowest BCUT2D eigenvalue weighted by atomic mass is 10.0. The first-order valence-electron chi connectivity index (χ1n) is 9.10. The van der Waals surface area contributed by atoms with Gasteiger partial charge in [0, 0.05) is 50.0 Å². The molecule has 134 valence electrons. The summed E-state index contributed by atoms with van der Waals surface area (Å²) in [5.74, 6) is 0.912. The minimum Gasteiger partial charge on any atom is -0.490 e. The predicted octanol–water partition coefficient (Wildman–Crippen LogP) is 2.72. The molecule has 0 N–H and O–H groups in total. The minimum absolute atomic E-state index is 0.107. The van der Waals surface area contributed by atoms with Crippen LogP contribution >= 0.6 is 11.6 Å². The molecule has 6 heteroatoms. The van der Waals surface area contributed by atoms with E-state index < -0.39 is 0 Å². The van der Waals surface area contributed by atoms with E-state index in [-0.39, 0.29) is 23.8 Å². The Morgan fingerprint density at radius 1 is 1.16 bits per heavy atom. The highest BCUT2D eigenvalue weighted by atomic mass is 35.5. The number of ether oxygens (including phenoxy) is 1. The summed E-state index contributed by atoms with van der Waals surface area (Å²) in [6.45, 7) is 2.00. The molecular weight excluding hydrogens is 340 g/mol. The summed E-state index contributed by atoms with van der Waals surface area (Å²) in [6.07, 6.45) is 4.30. The van der Waals surface area contributed by atoms with Crippen LogP contribution in [0.4, 0.5) is 0 Å². The van der Waals surface area contributed by atoms with E-state index in [0.717, 1.165) is 31.4 Å². The Morgan fingerprint density at radius 2 is 1.92 bits per heavy atom. The summed E-state index contributed by atoms with van der Waals surface area (Å²) in [6, 6.07) is 7.82. The van der Waals surface area contributed by atoms with Crippen molar-refractivity contribution in [1.82, 2.24) is 9.80 Å². The fraction of sp³-hybridized carbons (Fsp3) is 0.579. The first-order chi connectivity index (χ1) is 12.1. The number of benzene rings is 1. The molecule has 0 spiro atoms. The molecule has 5 nitrogen and oxygen atoms in total. The summed E-state index contributed by atoms with van der Waals surface area (Å²) >= 11 is 5.99. The fourth-order valence-corrected chi connectivity index (χ4v) is 4.00. The van der Waals surface area contributed by atoms with Gasteiger partial charge in [0.1, 0.15) is 11.9 Å². The number of carbonyl (C=O) groups excluding carboxylic acids is 2. The highest BCUT2D eigenvalue weighted by Gasteiger charge is 2.43. The van der Waals surface area contributed by atoms with E-state index in [4.69, 9.17) is 16.3 Å². The molecular formula is C19H23ClN2O3. The van der Waals surface area contributed by atoms with Crippen LogP contribution in [0.2, 0.25) is 5.02 Å². The van der Waals surface area contributed by atoms with Crippen LogP contribution in [0.5, 0.6) is 5.75 Å². The summed E-state index contributed by atoms with van der Waals surface area (Å²) in [5.41, 5.74) is 0. The number of hydrogen-bond donors (Lipinski definition) is 0. The van der Waals surface area contributed by atoms with Crippen molar-refractivity contribution in [3.05, 3.63) is 29.3 Å². The Kier molecular flexibility index (Phi) is 4.59. The molecule has 1 aliphatic carbocycles. The Balaban J connectivity index is 1.28. The average molecular weight is 363 g/mol. The van der Waals surface area contributed by atoms with Gasteiger partial charge in [0.25, 0.3) is 0 Å². The number of hydrogen-bond acceptors (Lipinski definition) is 3. The van der Waals surface area contributed by atoms with E-state index in [9.17, 15) is 9.59 Å². The van der Waals surface area contributed by atoms with Gasteiger partial charge in [-0.15, -0.1) is 0 Å². The second-order valence-corrected chi connectivity index (χ2v) is 7.71. The molecule has 2 amide bonds. The molecule has 1 saturated carbocycles. The number of nitrogens with zero attached hydrogens (tertiary/aromatic N) is 2. The van der Waals surface area contributed by atoms with Crippen molar-refractivity contribution < 1.29 is 14.3 Å². The molecule has 0 aromatic heterocycles. The van der Waals surface area contributed by atoms with Crippen LogP contribution < -0.4 is 4.74 Å². The van der Waals surface area contributed by atoms with Crippen LogP contribution in [-0.4, -0.2) is 53.4 Å². The zero-order valence-corrected chi connectivity index (χ0v) is 15.0. The third-order valence-electron chi connectivity index (χ3n) is 5.35. The topological polar surface area (TPSA) is 49.9 Å². The maximum atomic E-state index is 12.7. The molecule has 0 bridgehead atoms. The molecule has 1 aromatic rings. The number of likely N-dealkylation sites (tertiary alicyclic amines) is 2. The van der Waals surface area contributed by atoms with Crippen LogP contribution in [0.1, 0.15) is 32.1 Å². The molecule has 3 aliphatic rings. The second kappa shape index (κ2) is 6.87. The Hall–Kier alpha value is -1.75. The monoisotopic (exact) mass is 362 g/mol. The van der Waals surface area contributed by atoms with Crippen LogP contribution in [0.3, 0.4) is 0 Å². The van der Waals surface area contributed by atoms with E-state index >= 15 is 0 Å². The average Bonchev–Trinajstić information content (AvgIpc) is 3.37. The molecule has 2 aliphatic heterocycles. The third-order valence-corrected chi connectivity index (χ3v) is 5.58. The van der Waals surface area contributed by atoms with E-state index in [0.29, 0.717) is 37.1 Å². The molecule has 0 unspecified atom stereocenters. The maximum absolute atomic E-state index is 12.7. The lowest BCUT2D eigenvalue weighted by molar-refractivity contribution is -0.137. The fourth-order valence-electron chi connectivity index (χ4n) is 3.82. The Morgan fingerprint density at radius 3 is 2.60 bits per heavy atom. The SMILES string of the molecule is O=C([C@H]1CC(=O)N(C2CC2)C1)N1CCC(Oc2cccc(Cl)c2)CC1. The molecule has 0 radical (unpaired) electrons. The van der Waals surface area contributed by atoms with Crippen molar-refractivity contribution >= 4 is 23.4 Å². The number of carbonyl (C=O) groups is 2. The van der Waals surface area contributed by atoms with Gasteiger partial charge in [0.2, 0.25) is 11.8 Å². The Labute approximate surface area is 152 Å². The van der Waals surface area contributed by atoms with E-state index in [1.165, 1.54) is 0 Å². The first kappa shape index (κ1) is 16.7. The number of piperidine rings is 1. The molecule has 2 saturated heterocycles. The van der Waals surface area contributed by atoms with E-state index in [1.807, 2.05) is 34.1 Å². The maximum Gasteiger partial charge on any atom is 0.227 e. The van der Waals surface area contributed by atoms with Crippen LogP contribution in [0.25, 0.3) is 0 Å². The van der Waals surface area contributed by atoms with Crippen molar-refractivity contribution in [2.45, 2.75) is 44.2 Å². The summed E-state index contributed by atoms with van der Waals surface area (Å²) in [5, 5.41) is 0.663. The van der Waals surface area contributed by atoms with Gasteiger partial charge in [0.05, 0.1) is 5.92 Å².